The summed E-state index contributed by atoms with van der Waals surface area (Å²) in [4.78, 5) is 49.9. The Bertz CT molecular complexity index is 827. The minimum Gasteiger partial charge on any atom is -0.490 e. The van der Waals surface area contributed by atoms with Crippen LogP contribution in [-0.2, 0) is 25.7 Å². The monoisotopic (exact) mass is 416 g/mol. The van der Waals surface area contributed by atoms with Crippen molar-refractivity contribution >= 4 is 23.6 Å². The summed E-state index contributed by atoms with van der Waals surface area (Å²) in [5, 5.41) is 10.9. The molecule has 1 aromatic carbocycles. The van der Waals surface area contributed by atoms with Crippen molar-refractivity contribution in [1.82, 2.24) is 10.2 Å². The molecule has 3 rings (SSSR count). The molecule has 2 amide bonds. The molecule has 30 heavy (non-hydrogen) atoms. The van der Waals surface area contributed by atoms with E-state index in [1.165, 1.54) is 17.7 Å². The van der Waals surface area contributed by atoms with Crippen LogP contribution in [0.2, 0.25) is 0 Å². The van der Waals surface area contributed by atoms with Crippen molar-refractivity contribution in [2.24, 2.45) is 5.92 Å². The molecule has 2 N–H and O–H groups in total. The van der Waals surface area contributed by atoms with Gasteiger partial charge in [0.15, 0.2) is 11.7 Å². The number of amides is 2. The molecule has 0 spiro atoms. The van der Waals surface area contributed by atoms with Gasteiger partial charge in [-0.1, -0.05) is 12.1 Å². The number of carbonyl (C=O) groups is 4. The number of Topliss-reactive ketones (excluding diaryl/α,β-unsaturated/α-hetero) is 1. The van der Waals surface area contributed by atoms with E-state index in [4.69, 9.17) is 9.84 Å². The van der Waals surface area contributed by atoms with Gasteiger partial charge in [-0.25, -0.2) is 0 Å². The van der Waals surface area contributed by atoms with Crippen LogP contribution in [0, 0.1) is 5.92 Å². The van der Waals surface area contributed by atoms with Crippen LogP contribution < -0.4 is 10.1 Å². The first-order chi connectivity index (χ1) is 14.2. The summed E-state index contributed by atoms with van der Waals surface area (Å²) in [6.45, 7) is 3.17. The molecule has 1 saturated carbocycles. The van der Waals surface area contributed by atoms with Crippen molar-refractivity contribution in [3.8, 4) is 5.75 Å². The summed E-state index contributed by atoms with van der Waals surface area (Å²) in [6.07, 6.45) is 4.79. The summed E-state index contributed by atoms with van der Waals surface area (Å²) in [5.74, 6) is -3.93. The summed E-state index contributed by atoms with van der Waals surface area (Å²) in [6, 6.07) is 7.50. The molecule has 1 heterocycles. The van der Waals surface area contributed by atoms with Gasteiger partial charge >= 0.3 is 5.97 Å². The smallest absolute Gasteiger partial charge is 0.322 e. The maximum absolute atomic E-state index is 13.0. The van der Waals surface area contributed by atoms with Gasteiger partial charge < -0.3 is 20.1 Å². The fraction of sp³-hybridized carbons (Fsp3) is 0.545. The number of piperidine rings is 1. The van der Waals surface area contributed by atoms with Crippen LogP contribution in [0.5, 0.6) is 5.75 Å². The van der Waals surface area contributed by atoms with Gasteiger partial charge in [-0.3, -0.25) is 19.2 Å². The van der Waals surface area contributed by atoms with Crippen molar-refractivity contribution in [3.05, 3.63) is 29.8 Å². The summed E-state index contributed by atoms with van der Waals surface area (Å²) >= 11 is 0. The van der Waals surface area contributed by atoms with E-state index in [-0.39, 0.29) is 19.1 Å². The second-order valence-corrected chi connectivity index (χ2v) is 8.59. The predicted octanol–water partition coefficient (Wildman–Crippen LogP) is 1.90. The molecule has 162 valence electrons. The number of nitrogens with one attached hydrogen (secondary N) is 1. The number of hydrogen-bond acceptors (Lipinski definition) is 5. The van der Waals surface area contributed by atoms with E-state index in [9.17, 15) is 19.2 Å². The second-order valence-electron chi connectivity index (χ2n) is 8.59. The van der Waals surface area contributed by atoms with Gasteiger partial charge in [-0.15, -0.1) is 0 Å². The van der Waals surface area contributed by atoms with Gasteiger partial charge in [0.1, 0.15) is 12.3 Å². The lowest BCUT2D eigenvalue weighted by Crippen LogP contribution is -2.60. The summed E-state index contributed by atoms with van der Waals surface area (Å²) in [5.41, 5.74) is 0.103. The molecular weight excluding hydrogens is 388 g/mol. The lowest BCUT2D eigenvalue weighted by molar-refractivity contribution is -0.158. The Hall–Kier alpha value is -2.90. The minimum atomic E-state index is -1.51. The Morgan fingerprint density at radius 2 is 1.80 bits per heavy atom. The molecule has 1 atom stereocenters. The van der Waals surface area contributed by atoms with E-state index in [1.807, 2.05) is 24.3 Å². The Balaban J connectivity index is 1.70. The van der Waals surface area contributed by atoms with Crippen LogP contribution in [0.1, 0.15) is 51.5 Å². The quantitative estimate of drug-likeness (QED) is 0.657. The largest absolute Gasteiger partial charge is 0.490 e. The van der Waals surface area contributed by atoms with E-state index in [0.29, 0.717) is 0 Å². The van der Waals surface area contributed by atoms with Crippen LogP contribution in [-0.4, -0.2) is 51.8 Å². The van der Waals surface area contributed by atoms with Crippen LogP contribution in [0.4, 0.5) is 0 Å². The number of aliphatic carboxylic acids is 1. The molecule has 1 unspecified atom stereocenters. The van der Waals surface area contributed by atoms with Crippen LogP contribution in [0.25, 0.3) is 0 Å². The third-order valence-corrected chi connectivity index (χ3v) is 5.72. The number of ether oxygens (including phenoxy) is 1. The second kappa shape index (κ2) is 8.85. The van der Waals surface area contributed by atoms with E-state index in [1.54, 1.807) is 13.8 Å². The van der Waals surface area contributed by atoms with Crippen molar-refractivity contribution in [1.29, 1.82) is 0 Å². The SMILES string of the molecule is CC1(C)CC(=O)C(C(=O)NCC(=O)O)C(=O)N1Cc1ccc(OC2CCCC2)cc1. The van der Waals surface area contributed by atoms with E-state index in [0.717, 1.165) is 24.2 Å². The Kier molecular flexibility index (Phi) is 6.43. The number of carbonyl (C=O) groups excluding carboxylic acids is 3. The van der Waals surface area contributed by atoms with Crippen LogP contribution >= 0.6 is 0 Å². The lowest BCUT2D eigenvalue weighted by atomic mass is 9.82. The average Bonchev–Trinajstić information content (AvgIpc) is 3.17. The number of carboxylic acid groups (broad SMARTS) is 1. The Morgan fingerprint density at radius 3 is 2.40 bits per heavy atom. The molecule has 8 heteroatoms. The van der Waals surface area contributed by atoms with Crippen LogP contribution in [0.15, 0.2) is 24.3 Å². The highest BCUT2D eigenvalue weighted by atomic mass is 16.5. The number of hydrogen-bond donors (Lipinski definition) is 2. The van der Waals surface area contributed by atoms with Crippen molar-refractivity contribution in [2.75, 3.05) is 6.54 Å². The average molecular weight is 416 g/mol. The van der Waals surface area contributed by atoms with E-state index < -0.39 is 41.6 Å². The van der Waals surface area contributed by atoms with Gasteiger partial charge in [0, 0.05) is 18.5 Å². The number of likely N-dealkylation sites (tertiary alicyclic amines) is 1. The van der Waals surface area contributed by atoms with Gasteiger partial charge in [-0.05, 0) is 57.2 Å². The van der Waals surface area contributed by atoms with E-state index >= 15 is 0 Å². The predicted molar refractivity (Wildman–Crippen MR) is 108 cm³/mol. The molecule has 0 radical (unpaired) electrons. The zero-order valence-corrected chi connectivity index (χ0v) is 17.3. The van der Waals surface area contributed by atoms with E-state index in [2.05, 4.69) is 5.32 Å². The molecule has 1 aliphatic carbocycles. The highest BCUT2D eigenvalue weighted by Gasteiger charge is 2.48. The molecule has 2 aliphatic rings. The molecule has 8 nitrogen and oxygen atoms in total. The molecule has 0 aromatic heterocycles. The highest BCUT2D eigenvalue weighted by Crippen LogP contribution is 2.32. The zero-order chi connectivity index (χ0) is 21.9. The zero-order valence-electron chi connectivity index (χ0n) is 17.3. The minimum absolute atomic E-state index is 0.0206. The number of carboxylic acids is 1. The number of nitrogens with zero attached hydrogens (tertiary/aromatic N) is 1. The topological polar surface area (TPSA) is 113 Å². The first-order valence-electron chi connectivity index (χ1n) is 10.3. The summed E-state index contributed by atoms with van der Waals surface area (Å²) in [7, 11) is 0. The van der Waals surface area contributed by atoms with Crippen molar-refractivity contribution < 1.29 is 29.0 Å². The normalized spacial score (nSPS) is 21.5. The third kappa shape index (κ3) is 4.98. The molecule has 2 fully saturated rings. The van der Waals surface area contributed by atoms with Gasteiger partial charge in [0.05, 0.1) is 6.10 Å². The Morgan fingerprint density at radius 1 is 1.17 bits per heavy atom. The fourth-order valence-electron chi connectivity index (χ4n) is 4.09. The first kappa shape index (κ1) is 21.8. The standard InChI is InChI=1S/C22H28N2O6/c1-22(2)11-17(25)19(20(28)23-12-18(26)27)21(29)24(22)13-14-7-9-16(10-8-14)30-15-5-3-4-6-15/h7-10,15,19H,3-6,11-13H2,1-2H3,(H,23,28)(H,26,27). The number of rotatable bonds is 7. The van der Waals surface area contributed by atoms with Gasteiger partial charge in [0.25, 0.3) is 0 Å². The molecule has 1 aromatic rings. The first-order valence-corrected chi connectivity index (χ1v) is 10.3. The number of ketones is 1. The molecular formula is C22H28N2O6. The van der Waals surface area contributed by atoms with Gasteiger partial charge in [0.2, 0.25) is 11.8 Å². The van der Waals surface area contributed by atoms with Crippen molar-refractivity contribution in [2.45, 2.75) is 64.1 Å². The maximum atomic E-state index is 13.0. The highest BCUT2D eigenvalue weighted by molar-refractivity contribution is 6.20. The summed E-state index contributed by atoms with van der Waals surface area (Å²) < 4.78 is 5.97. The van der Waals surface area contributed by atoms with Crippen molar-refractivity contribution in [3.63, 3.8) is 0 Å². The third-order valence-electron chi connectivity index (χ3n) is 5.72. The molecule has 0 bridgehead atoms. The fourth-order valence-corrected chi connectivity index (χ4v) is 4.09. The lowest BCUT2D eigenvalue weighted by Gasteiger charge is -2.44. The van der Waals surface area contributed by atoms with Gasteiger partial charge in [-0.2, -0.15) is 0 Å². The molecule has 1 aliphatic heterocycles. The Labute approximate surface area is 175 Å². The number of benzene rings is 1. The van der Waals surface area contributed by atoms with Crippen LogP contribution in [0.3, 0.4) is 0 Å². The maximum Gasteiger partial charge on any atom is 0.322 e. The molecule has 1 saturated heterocycles.